The minimum Gasteiger partial charge on any atom is -0.349 e. The van der Waals surface area contributed by atoms with Crippen molar-refractivity contribution in [2.24, 2.45) is 0 Å². The van der Waals surface area contributed by atoms with E-state index in [1.807, 2.05) is 24.4 Å². The molecule has 1 aliphatic heterocycles. The Morgan fingerprint density at radius 3 is 3.05 bits per heavy atom. The predicted molar refractivity (Wildman–Crippen MR) is 88.6 cm³/mol. The highest BCUT2D eigenvalue weighted by Gasteiger charge is 2.24. The van der Waals surface area contributed by atoms with Crippen LogP contribution in [0.15, 0.2) is 48.1 Å². The standard InChI is InChI=1S/C17H18N4S/c1-13-16-6-4-8-20(16)9-10-21(13)11-14-12-22-17(19-14)15-5-2-3-7-18-15/h2-8,12-13H,9-11H2,1H3/t13-/m1/s1. The fourth-order valence-corrected chi connectivity index (χ4v) is 3.82. The van der Waals surface area contributed by atoms with Crippen molar-refractivity contribution in [3.8, 4) is 10.7 Å². The van der Waals surface area contributed by atoms with E-state index in [0.29, 0.717) is 6.04 Å². The maximum Gasteiger partial charge on any atom is 0.142 e. The van der Waals surface area contributed by atoms with Gasteiger partial charge in [-0.05, 0) is 31.2 Å². The molecule has 0 saturated carbocycles. The van der Waals surface area contributed by atoms with Gasteiger partial charge in [-0.2, -0.15) is 0 Å². The lowest BCUT2D eigenvalue weighted by Gasteiger charge is -2.34. The van der Waals surface area contributed by atoms with E-state index in [2.05, 4.69) is 45.1 Å². The van der Waals surface area contributed by atoms with Gasteiger partial charge in [-0.3, -0.25) is 9.88 Å². The van der Waals surface area contributed by atoms with Crippen LogP contribution in [-0.2, 0) is 13.1 Å². The number of aromatic nitrogens is 3. The second-order valence-electron chi connectivity index (χ2n) is 5.63. The van der Waals surface area contributed by atoms with Crippen molar-refractivity contribution in [1.29, 1.82) is 0 Å². The fourth-order valence-electron chi connectivity index (χ4n) is 3.04. The highest BCUT2D eigenvalue weighted by Crippen LogP contribution is 2.28. The molecule has 0 fully saturated rings. The van der Waals surface area contributed by atoms with E-state index in [9.17, 15) is 0 Å². The summed E-state index contributed by atoms with van der Waals surface area (Å²) in [4.78, 5) is 11.6. The molecular formula is C17H18N4S. The SMILES string of the molecule is C[C@@H]1c2cccn2CCN1Cc1csc(-c2ccccn2)n1. The molecule has 0 amide bonds. The summed E-state index contributed by atoms with van der Waals surface area (Å²) in [6.45, 7) is 5.30. The van der Waals surface area contributed by atoms with Crippen LogP contribution in [-0.4, -0.2) is 26.0 Å². The molecule has 22 heavy (non-hydrogen) atoms. The highest BCUT2D eigenvalue weighted by atomic mass is 32.1. The number of hydrogen-bond donors (Lipinski definition) is 0. The van der Waals surface area contributed by atoms with Crippen LogP contribution in [0.25, 0.3) is 10.7 Å². The number of thiazole rings is 1. The zero-order valence-corrected chi connectivity index (χ0v) is 13.3. The Kier molecular flexibility index (Phi) is 3.52. The number of rotatable bonds is 3. The minimum atomic E-state index is 0.434. The van der Waals surface area contributed by atoms with Crippen molar-refractivity contribution in [3.05, 3.63) is 59.5 Å². The van der Waals surface area contributed by atoms with E-state index in [1.54, 1.807) is 11.3 Å². The van der Waals surface area contributed by atoms with Gasteiger partial charge in [0.15, 0.2) is 0 Å². The molecule has 0 radical (unpaired) electrons. The number of hydrogen-bond acceptors (Lipinski definition) is 4. The average molecular weight is 310 g/mol. The summed E-state index contributed by atoms with van der Waals surface area (Å²) in [5, 5.41) is 3.16. The van der Waals surface area contributed by atoms with Gasteiger partial charge < -0.3 is 4.57 Å². The highest BCUT2D eigenvalue weighted by molar-refractivity contribution is 7.13. The Morgan fingerprint density at radius 1 is 1.23 bits per heavy atom. The van der Waals surface area contributed by atoms with Crippen molar-refractivity contribution in [2.75, 3.05) is 6.54 Å². The van der Waals surface area contributed by atoms with Crippen molar-refractivity contribution in [3.63, 3.8) is 0 Å². The van der Waals surface area contributed by atoms with Crippen LogP contribution < -0.4 is 0 Å². The molecule has 0 unspecified atom stereocenters. The summed E-state index contributed by atoms with van der Waals surface area (Å²) in [5.41, 5.74) is 3.49. The van der Waals surface area contributed by atoms with E-state index >= 15 is 0 Å². The number of pyridine rings is 1. The first-order valence-corrected chi connectivity index (χ1v) is 8.44. The Morgan fingerprint density at radius 2 is 2.18 bits per heavy atom. The molecular weight excluding hydrogens is 292 g/mol. The Bertz CT molecular complexity index is 762. The van der Waals surface area contributed by atoms with Gasteiger partial charge in [0.05, 0.1) is 11.4 Å². The van der Waals surface area contributed by atoms with Gasteiger partial charge in [0, 0.05) is 49.1 Å². The van der Waals surface area contributed by atoms with Crippen molar-refractivity contribution >= 4 is 11.3 Å². The van der Waals surface area contributed by atoms with Crippen LogP contribution in [0.1, 0.15) is 24.4 Å². The van der Waals surface area contributed by atoms with E-state index in [1.165, 1.54) is 5.69 Å². The van der Waals surface area contributed by atoms with Gasteiger partial charge in [0.25, 0.3) is 0 Å². The normalized spacial score (nSPS) is 18.3. The largest absolute Gasteiger partial charge is 0.349 e. The predicted octanol–water partition coefficient (Wildman–Crippen LogP) is 3.58. The third-order valence-corrected chi connectivity index (χ3v) is 5.18. The summed E-state index contributed by atoms with van der Waals surface area (Å²) < 4.78 is 2.35. The molecule has 0 N–H and O–H groups in total. The minimum absolute atomic E-state index is 0.434. The first-order chi connectivity index (χ1) is 10.8. The zero-order chi connectivity index (χ0) is 14.9. The van der Waals surface area contributed by atoms with Gasteiger partial charge in [0.2, 0.25) is 0 Å². The van der Waals surface area contributed by atoms with E-state index in [0.717, 1.165) is 36.0 Å². The van der Waals surface area contributed by atoms with Crippen molar-refractivity contribution < 1.29 is 0 Å². The lowest BCUT2D eigenvalue weighted by molar-refractivity contribution is 0.159. The lowest BCUT2D eigenvalue weighted by Crippen LogP contribution is -2.35. The summed E-state index contributed by atoms with van der Waals surface area (Å²) in [6, 6.07) is 10.7. The number of fused-ring (bicyclic) bond motifs is 1. The molecule has 4 nitrogen and oxygen atoms in total. The van der Waals surface area contributed by atoms with Crippen molar-refractivity contribution in [1.82, 2.24) is 19.4 Å². The summed E-state index contributed by atoms with van der Waals surface area (Å²) in [5.74, 6) is 0. The first-order valence-electron chi connectivity index (χ1n) is 7.56. The second kappa shape index (κ2) is 5.66. The second-order valence-corrected chi connectivity index (χ2v) is 6.49. The van der Waals surface area contributed by atoms with Crippen LogP contribution in [0.4, 0.5) is 0 Å². The summed E-state index contributed by atoms with van der Waals surface area (Å²) >= 11 is 1.67. The van der Waals surface area contributed by atoms with Gasteiger partial charge in [-0.1, -0.05) is 6.07 Å². The van der Waals surface area contributed by atoms with Gasteiger partial charge in [-0.25, -0.2) is 4.98 Å². The van der Waals surface area contributed by atoms with E-state index in [4.69, 9.17) is 4.98 Å². The van der Waals surface area contributed by atoms with Crippen LogP contribution in [0.5, 0.6) is 0 Å². The van der Waals surface area contributed by atoms with Gasteiger partial charge in [-0.15, -0.1) is 11.3 Å². The van der Waals surface area contributed by atoms with Crippen LogP contribution >= 0.6 is 11.3 Å². The van der Waals surface area contributed by atoms with Gasteiger partial charge in [0.1, 0.15) is 5.01 Å². The molecule has 3 aromatic rings. The zero-order valence-electron chi connectivity index (χ0n) is 12.5. The molecule has 4 rings (SSSR count). The lowest BCUT2D eigenvalue weighted by atomic mass is 10.1. The Labute approximate surface area is 134 Å². The van der Waals surface area contributed by atoms with Crippen LogP contribution in [0.3, 0.4) is 0 Å². The molecule has 0 aromatic carbocycles. The maximum atomic E-state index is 4.76. The smallest absolute Gasteiger partial charge is 0.142 e. The molecule has 5 heteroatoms. The molecule has 1 aliphatic rings. The Hall–Kier alpha value is -1.98. The monoisotopic (exact) mass is 310 g/mol. The van der Waals surface area contributed by atoms with Crippen LogP contribution in [0.2, 0.25) is 0 Å². The maximum absolute atomic E-state index is 4.76. The summed E-state index contributed by atoms with van der Waals surface area (Å²) in [6.07, 6.45) is 3.99. The summed E-state index contributed by atoms with van der Waals surface area (Å²) in [7, 11) is 0. The molecule has 0 bridgehead atoms. The topological polar surface area (TPSA) is 34.0 Å². The average Bonchev–Trinajstić information content (AvgIpc) is 3.20. The quantitative estimate of drug-likeness (QED) is 0.741. The molecule has 4 heterocycles. The van der Waals surface area contributed by atoms with Crippen LogP contribution in [0, 0.1) is 0 Å². The first kappa shape index (κ1) is 13.7. The fraction of sp³-hybridized carbons (Fsp3) is 0.294. The molecule has 0 saturated heterocycles. The third-order valence-electron chi connectivity index (χ3n) is 4.27. The van der Waals surface area contributed by atoms with E-state index < -0.39 is 0 Å². The Balaban J connectivity index is 1.52. The molecule has 0 aliphatic carbocycles. The molecule has 0 spiro atoms. The van der Waals surface area contributed by atoms with Gasteiger partial charge >= 0.3 is 0 Å². The number of nitrogens with zero attached hydrogens (tertiary/aromatic N) is 4. The van der Waals surface area contributed by atoms with E-state index in [-0.39, 0.29) is 0 Å². The third kappa shape index (κ3) is 2.46. The van der Waals surface area contributed by atoms with Crippen molar-refractivity contribution in [2.45, 2.75) is 26.1 Å². The molecule has 3 aromatic heterocycles. The molecule has 1 atom stereocenters. The molecule has 112 valence electrons.